The average Bonchev–Trinajstić information content (AvgIpc) is 2.69. The molecule has 0 radical (unpaired) electrons. The van der Waals surface area contributed by atoms with Crippen LogP contribution in [0.3, 0.4) is 0 Å². The van der Waals surface area contributed by atoms with Gasteiger partial charge in [0, 0.05) is 28.9 Å². The van der Waals surface area contributed by atoms with E-state index in [0.29, 0.717) is 0 Å². The predicted molar refractivity (Wildman–Crippen MR) is 65.8 cm³/mol. The molecule has 0 saturated heterocycles. The van der Waals surface area contributed by atoms with Gasteiger partial charge in [0.15, 0.2) is 0 Å². The number of fused-ring (bicyclic) bond motifs is 1. The van der Waals surface area contributed by atoms with E-state index in [-0.39, 0.29) is 0 Å². The van der Waals surface area contributed by atoms with Crippen LogP contribution in [0.4, 0.5) is 0 Å². The Morgan fingerprint density at radius 1 is 1.00 bits per heavy atom. The predicted octanol–water partition coefficient (Wildman–Crippen LogP) is 3.33. The molecule has 2 heteroatoms. The minimum atomic E-state index is 0.969. The summed E-state index contributed by atoms with van der Waals surface area (Å²) in [5.41, 5.74) is 1.23. The largest absolute Gasteiger partial charge is 0.305 e. The van der Waals surface area contributed by atoms with Crippen molar-refractivity contribution in [1.82, 2.24) is 9.55 Å². The van der Waals surface area contributed by atoms with E-state index >= 15 is 0 Å². The Hall–Kier alpha value is -2.09. The van der Waals surface area contributed by atoms with Crippen LogP contribution in [0.5, 0.6) is 0 Å². The molecule has 3 rings (SSSR count). The van der Waals surface area contributed by atoms with Gasteiger partial charge in [-0.25, -0.2) is 4.98 Å². The molecule has 0 aliphatic heterocycles. The fourth-order valence-corrected chi connectivity index (χ4v) is 2.04. The van der Waals surface area contributed by atoms with E-state index in [0.717, 1.165) is 5.82 Å². The number of aryl methyl sites for hydroxylation is 1. The highest BCUT2D eigenvalue weighted by molar-refractivity contribution is 5.86. The fourth-order valence-electron chi connectivity index (χ4n) is 2.04. The van der Waals surface area contributed by atoms with Crippen molar-refractivity contribution in [1.29, 1.82) is 0 Å². The molecule has 0 unspecified atom stereocenters. The lowest BCUT2D eigenvalue weighted by Gasteiger charge is -2.03. The Bertz CT molecular complexity index is 624. The Kier molecular flexibility index (Phi) is 2.00. The van der Waals surface area contributed by atoms with E-state index in [9.17, 15) is 0 Å². The quantitative estimate of drug-likeness (QED) is 0.599. The number of aromatic nitrogens is 2. The molecule has 3 aromatic rings. The Labute approximate surface area is 94.2 Å². The summed E-state index contributed by atoms with van der Waals surface area (Å²) in [6.45, 7) is 2.12. The highest BCUT2D eigenvalue weighted by atomic mass is 15.1. The molecule has 78 valence electrons. The van der Waals surface area contributed by atoms with Crippen molar-refractivity contribution >= 4 is 10.8 Å². The van der Waals surface area contributed by atoms with Crippen molar-refractivity contribution in [2.75, 3.05) is 0 Å². The van der Waals surface area contributed by atoms with Gasteiger partial charge in [-0.05, 0) is 19.1 Å². The second-order valence-electron chi connectivity index (χ2n) is 3.86. The van der Waals surface area contributed by atoms with Crippen LogP contribution in [0.25, 0.3) is 16.6 Å². The molecule has 2 nitrogen and oxygen atoms in total. The van der Waals surface area contributed by atoms with Gasteiger partial charge in [0.25, 0.3) is 0 Å². The summed E-state index contributed by atoms with van der Waals surface area (Å²) >= 11 is 0. The molecule has 0 amide bonds. The monoisotopic (exact) mass is 208 g/mol. The molecular weight excluding hydrogens is 196 g/mol. The van der Waals surface area contributed by atoms with E-state index in [1.165, 1.54) is 16.5 Å². The fraction of sp³-hybridized carbons (Fsp3) is 0.0714. The lowest BCUT2D eigenvalue weighted by atomic mass is 10.2. The summed E-state index contributed by atoms with van der Waals surface area (Å²) in [7, 11) is 0. The van der Waals surface area contributed by atoms with Crippen LogP contribution in [0.1, 0.15) is 5.69 Å². The van der Waals surface area contributed by atoms with Gasteiger partial charge in [-0.3, -0.25) is 0 Å². The molecule has 2 heterocycles. The second kappa shape index (κ2) is 3.49. The number of hydrogen-bond donors (Lipinski definition) is 0. The molecule has 0 aliphatic carbocycles. The Balaban J connectivity index is 2.29. The van der Waals surface area contributed by atoms with Crippen LogP contribution < -0.4 is 0 Å². The summed E-state index contributed by atoms with van der Waals surface area (Å²) in [6, 6.07) is 14.4. The summed E-state index contributed by atoms with van der Waals surface area (Å²) in [6.07, 6.45) is 3.95. The molecule has 0 N–H and O–H groups in total. The Morgan fingerprint density at radius 2 is 1.81 bits per heavy atom. The van der Waals surface area contributed by atoms with Gasteiger partial charge in [0.05, 0.1) is 0 Å². The molecule has 0 fully saturated rings. The zero-order valence-electron chi connectivity index (χ0n) is 9.09. The van der Waals surface area contributed by atoms with Gasteiger partial charge in [-0.1, -0.05) is 30.3 Å². The standard InChI is InChI=1S/C14H12N2/c1-11-13-7-3-2-6-12(13)10-16(11)14-8-4-5-9-15-14/h2-10H,1H3. The molecule has 0 aliphatic rings. The SMILES string of the molecule is Cc1c2ccccc2cn1-c1ccccn1. The first-order valence-electron chi connectivity index (χ1n) is 5.34. The summed E-state index contributed by atoms with van der Waals surface area (Å²) in [4.78, 5) is 4.37. The molecule has 0 spiro atoms. The average molecular weight is 208 g/mol. The zero-order valence-corrected chi connectivity index (χ0v) is 9.09. The van der Waals surface area contributed by atoms with Gasteiger partial charge in [0.2, 0.25) is 0 Å². The normalized spacial score (nSPS) is 10.8. The third kappa shape index (κ3) is 1.31. The third-order valence-electron chi connectivity index (χ3n) is 2.88. The lowest BCUT2D eigenvalue weighted by molar-refractivity contribution is 0.969. The zero-order chi connectivity index (χ0) is 11.0. The lowest BCUT2D eigenvalue weighted by Crippen LogP contribution is -1.96. The maximum atomic E-state index is 4.37. The maximum Gasteiger partial charge on any atom is 0.136 e. The van der Waals surface area contributed by atoms with Crippen molar-refractivity contribution in [2.45, 2.75) is 6.92 Å². The molecule has 0 saturated carbocycles. The van der Waals surface area contributed by atoms with Crippen LogP contribution in [0.2, 0.25) is 0 Å². The van der Waals surface area contributed by atoms with Gasteiger partial charge >= 0.3 is 0 Å². The van der Waals surface area contributed by atoms with E-state index < -0.39 is 0 Å². The summed E-state index contributed by atoms with van der Waals surface area (Å²) in [5.74, 6) is 0.969. The number of hydrogen-bond acceptors (Lipinski definition) is 1. The van der Waals surface area contributed by atoms with E-state index in [1.54, 1.807) is 0 Å². The molecule has 1 aromatic carbocycles. The topological polar surface area (TPSA) is 17.8 Å². The smallest absolute Gasteiger partial charge is 0.136 e. The summed E-state index contributed by atoms with van der Waals surface area (Å²) in [5, 5.41) is 2.54. The van der Waals surface area contributed by atoms with Crippen molar-refractivity contribution in [3.63, 3.8) is 0 Å². The molecular formula is C14H12N2. The van der Waals surface area contributed by atoms with Gasteiger partial charge in [-0.2, -0.15) is 0 Å². The number of pyridine rings is 1. The molecule has 2 aromatic heterocycles. The van der Waals surface area contributed by atoms with Crippen LogP contribution in [-0.4, -0.2) is 9.55 Å². The van der Waals surface area contributed by atoms with Crippen LogP contribution >= 0.6 is 0 Å². The van der Waals surface area contributed by atoms with Crippen molar-refractivity contribution in [3.8, 4) is 5.82 Å². The van der Waals surface area contributed by atoms with E-state index in [4.69, 9.17) is 0 Å². The number of benzene rings is 1. The summed E-state index contributed by atoms with van der Waals surface area (Å²) < 4.78 is 2.13. The minimum Gasteiger partial charge on any atom is -0.305 e. The molecule has 16 heavy (non-hydrogen) atoms. The molecule has 0 bridgehead atoms. The van der Waals surface area contributed by atoms with E-state index in [2.05, 4.69) is 46.9 Å². The maximum absolute atomic E-state index is 4.37. The second-order valence-corrected chi connectivity index (χ2v) is 3.86. The van der Waals surface area contributed by atoms with Crippen molar-refractivity contribution in [3.05, 3.63) is 60.6 Å². The third-order valence-corrected chi connectivity index (χ3v) is 2.88. The van der Waals surface area contributed by atoms with Crippen molar-refractivity contribution in [2.24, 2.45) is 0 Å². The van der Waals surface area contributed by atoms with Gasteiger partial charge in [0.1, 0.15) is 5.82 Å². The highest BCUT2D eigenvalue weighted by Gasteiger charge is 2.05. The number of nitrogens with zero attached hydrogens (tertiary/aromatic N) is 2. The van der Waals surface area contributed by atoms with Gasteiger partial charge in [-0.15, -0.1) is 0 Å². The van der Waals surface area contributed by atoms with Crippen LogP contribution in [0, 0.1) is 6.92 Å². The number of rotatable bonds is 1. The highest BCUT2D eigenvalue weighted by Crippen LogP contribution is 2.22. The van der Waals surface area contributed by atoms with Crippen LogP contribution in [0.15, 0.2) is 54.9 Å². The first-order valence-corrected chi connectivity index (χ1v) is 5.34. The van der Waals surface area contributed by atoms with E-state index in [1.807, 2.05) is 24.4 Å². The van der Waals surface area contributed by atoms with Gasteiger partial charge < -0.3 is 4.57 Å². The minimum absolute atomic E-state index is 0.969. The van der Waals surface area contributed by atoms with Crippen molar-refractivity contribution < 1.29 is 0 Å². The molecule has 0 atom stereocenters. The first-order chi connectivity index (χ1) is 7.86. The Morgan fingerprint density at radius 3 is 2.56 bits per heavy atom. The first kappa shape index (κ1) is 9.16. The van der Waals surface area contributed by atoms with Crippen LogP contribution in [-0.2, 0) is 0 Å².